The maximum atomic E-state index is 11.5. The summed E-state index contributed by atoms with van der Waals surface area (Å²) in [5.74, 6) is -0.441. The van der Waals surface area contributed by atoms with E-state index in [9.17, 15) is 4.79 Å². The molecule has 3 heteroatoms. The number of rotatable bonds is 2. The van der Waals surface area contributed by atoms with Crippen LogP contribution >= 0.6 is 0 Å². The summed E-state index contributed by atoms with van der Waals surface area (Å²) in [6.07, 6.45) is 0.709. The number of esters is 1. The van der Waals surface area contributed by atoms with Crippen LogP contribution in [-0.2, 0) is 11.2 Å². The number of methoxy groups -OCH3 is 1. The fourth-order valence-corrected chi connectivity index (χ4v) is 1.57. The molecule has 1 aromatic rings. The van der Waals surface area contributed by atoms with E-state index < -0.39 is 5.97 Å². The largest absolute Gasteiger partial charge is 0.465 e. The zero-order chi connectivity index (χ0) is 11.4. The van der Waals surface area contributed by atoms with E-state index in [0.717, 1.165) is 11.1 Å². The van der Waals surface area contributed by atoms with E-state index in [2.05, 4.69) is 4.74 Å². The highest BCUT2D eigenvalue weighted by Gasteiger charge is 2.16. The monoisotopic (exact) mass is 203 g/mol. The maximum absolute atomic E-state index is 11.5. The first kappa shape index (κ1) is 11.3. The van der Waals surface area contributed by atoms with Gasteiger partial charge in [0.1, 0.15) is 6.07 Å². The topological polar surface area (TPSA) is 50.1 Å². The van der Waals surface area contributed by atoms with Crippen molar-refractivity contribution < 1.29 is 9.53 Å². The number of benzene rings is 1. The second kappa shape index (κ2) is 4.61. The lowest BCUT2D eigenvalue weighted by Crippen LogP contribution is -2.08. The molecule has 78 valence electrons. The molecule has 0 saturated carbocycles. The van der Waals surface area contributed by atoms with Gasteiger partial charge in [-0.25, -0.2) is 4.79 Å². The van der Waals surface area contributed by atoms with Gasteiger partial charge in [0.05, 0.1) is 18.2 Å². The smallest absolute Gasteiger partial charge is 0.339 e. The average molecular weight is 203 g/mol. The Morgan fingerprint density at radius 3 is 2.67 bits per heavy atom. The summed E-state index contributed by atoms with van der Waals surface area (Å²) in [5, 5.41) is 8.95. The summed E-state index contributed by atoms with van der Waals surface area (Å²) in [7, 11) is 1.32. The van der Waals surface area contributed by atoms with E-state index in [1.807, 2.05) is 26.0 Å². The van der Waals surface area contributed by atoms with Crippen LogP contribution in [0.15, 0.2) is 12.1 Å². The molecule has 0 aromatic heterocycles. The van der Waals surface area contributed by atoms with Crippen LogP contribution in [-0.4, -0.2) is 13.1 Å². The molecule has 0 saturated heterocycles. The Labute approximate surface area is 89.3 Å². The molecule has 0 aliphatic carbocycles. The molecular formula is C12H13NO2. The van der Waals surface area contributed by atoms with Gasteiger partial charge in [0.15, 0.2) is 0 Å². The van der Waals surface area contributed by atoms with E-state index in [1.54, 1.807) is 6.07 Å². The Hall–Kier alpha value is -1.82. The maximum Gasteiger partial charge on any atom is 0.339 e. The third-order valence-electron chi connectivity index (χ3n) is 2.26. The summed E-state index contributed by atoms with van der Waals surface area (Å²) >= 11 is 0. The van der Waals surface area contributed by atoms with Gasteiger partial charge in [0.25, 0.3) is 0 Å². The van der Waals surface area contributed by atoms with Gasteiger partial charge in [-0.05, 0) is 30.5 Å². The van der Waals surface area contributed by atoms with Gasteiger partial charge >= 0.3 is 5.97 Å². The van der Waals surface area contributed by atoms with Gasteiger partial charge in [-0.15, -0.1) is 0 Å². The normalized spacial score (nSPS) is 9.47. The lowest BCUT2D eigenvalue weighted by molar-refractivity contribution is 0.0599. The average Bonchev–Trinajstić information content (AvgIpc) is 2.26. The van der Waals surface area contributed by atoms with Crippen LogP contribution in [0.3, 0.4) is 0 Å². The Morgan fingerprint density at radius 2 is 2.20 bits per heavy atom. The SMILES string of the molecule is CCc1cc(C)cc(C#N)c1C(=O)OC. The summed E-state index contributed by atoms with van der Waals surface area (Å²) in [6, 6.07) is 5.64. The van der Waals surface area contributed by atoms with Crippen molar-refractivity contribution in [2.24, 2.45) is 0 Å². The molecule has 0 bridgehead atoms. The Balaban J connectivity index is 3.45. The highest BCUT2D eigenvalue weighted by atomic mass is 16.5. The number of carbonyl (C=O) groups is 1. The van der Waals surface area contributed by atoms with E-state index in [0.29, 0.717) is 17.5 Å². The number of hydrogen-bond donors (Lipinski definition) is 0. The summed E-state index contributed by atoms with van der Waals surface area (Å²) in [4.78, 5) is 11.5. The number of carbonyl (C=O) groups excluding carboxylic acids is 1. The Morgan fingerprint density at radius 1 is 1.53 bits per heavy atom. The van der Waals surface area contributed by atoms with Gasteiger partial charge in [0.2, 0.25) is 0 Å². The lowest BCUT2D eigenvalue weighted by Gasteiger charge is -2.09. The zero-order valence-corrected chi connectivity index (χ0v) is 9.13. The molecule has 0 aliphatic rings. The van der Waals surface area contributed by atoms with Crippen molar-refractivity contribution >= 4 is 5.97 Å². The van der Waals surface area contributed by atoms with Gasteiger partial charge in [-0.2, -0.15) is 5.26 Å². The van der Waals surface area contributed by atoms with Crippen molar-refractivity contribution in [1.82, 2.24) is 0 Å². The standard InChI is InChI=1S/C12H13NO2/c1-4-9-5-8(2)6-10(7-13)11(9)12(14)15-3/h5-6H,4H2,1-3H3. The van der Waals surface area contributed by atoms with Gasteiger partial charge in [-0.1, -0.05) is 13.0 Å². The van der Waals surface area contributed by atoms with Crippen LogP contribution in [0.25, 0.3) is 0 Å². The zero-order valence-electron chi connectivity index (χ0n) is 9.13. The predicted molar refractivity (Wildman–Crippen MR) is 56.6 cm³/mol. The fourth-order valence-electron chi connectivity index (χ4n) is 1.57. The Bertz CT molecular complexity index is 430. The molecule has 0 fully saturated rings. The third-order valence-corrected chi connectivity index (χ3v) is 2.26. The minimum absolute atomic E-state index is 0.388. The van der Waals surface area contributed by atoms with Crippen LogP contribution in [0.2, 0.25) is 0 Å². The van der Waals surface area contributed by atoms with Crippen molar-refractivity contribution in [3.8, 4) is 6.07 Å². The van der Waals surface area contributed by atoms with Crippen LogP contribution in [0.4, 0.5) is 0 Å². The number of nitriles is 1. The first-order chi connectivity index (χ1) is 7.13. The minimum atomic E-state index is -0.441. The molecule has 0 atom stereocenters. The van der Waals surface area contributed by atoms with Gasteiger partial charge in [-0.3, -0.25) is 0 Å². The summed E-state index contributed by atoms with van der Waals surface area (Å²) < 4.78 is 4.67. The Kier molecular flexibility index (Phi) is 3.46. The highest BCUT2D eigenvalue weighted by Crippen LogP contribution is 2.18. The van der Waals surface area contributed by atoms with Crippen LogP contribution in [0.1, 0.15) is 34.0 Å². The van der Waals surface area contributed by atoms with Crippen molar-refractivity contribution in [2.75, 3.05) is 7.11 Å². The third kappa shape index (κ3) is 2.16. The van der Waals surface area contributed by atoms with Crippen LogP contribution in [0.5, 0.6) is 0 Å². The molecule has 0 amide bonds. The van der Waals surface area contributed by atoms with Crippen molar-refractivity contribution in [3.63, 3.8) is 0 Å². The number of nitrogens with zero attached hydrogens (tertiary/aromatic N) is 1. The highest BCUT2D eigenvalue weighted by molar-refractivity contribution is 5.94. The van der Waals surface area contributed by atoms with Gasteiger partial charge < -0.3 is 4.74 Å². The minimum Gasteiger partial charge on any atom is -0.465 e. The van der Waals surface area contributed by atoms with Crippen LogP contribution < -0.4 is 0 Å². The van der Waals surface area contributed by atoms with Gasteiger partial charge in [0, 0.05) is 0 Å². The van der Waals surface area contributed by atoms with E-state index in [4.69, 9.17) is 5.26 Å². The van der Waals surface area contributed by atoms with Crippen molar-refractivity contribution in [3.05, 3.63) is 34.4 Å². The molecule has 0 heterocycles. The molecule has 1 aromatic carbocycles. The number of ether oxygens (including phenoxy) is 1. The molecule has 0 N–H and O–H groups in total. The molecule has 3 nitrogen and oxygen atoms in total. The molecule has 0 aliphatic heterocycles. The molecule has 15 heavy (non-hydrogen) atoms. The van der Waals surface area contributed by atoms with Crippen molar-refractivity contribution in [1.29, 1.82) is 5.26 Å². The lowest BCUT2D eigenvalue weighted by atomic mass is 9.97. The summed E-state index contributed by atoms with van der Waals surface area (Å²) in [6.45, 7) is 3.85. The summed E-state index contributed by atoms with van der Waals surface area (Å²) in [5.41, 5.74) is 2.63. The van der Waals surface area contributed by atoms with Crippen LogP contribution in [0, 0.1) is 18.3 Å². The number of hydrogen-bond acceptors (Lipinski definition) is 3. The first-order valence-electron chi connectivity index (χ1n) is 4.76. The quantitative estimate of drug-likeness (QED) is 0.692. The molecule has 1 rings (SSSR count). The first-order valence-corrected chi connectivity index (χ1v) is 4.76. The molecule has 0 spiro atoms. The van der Waals surface area contributed by atoms with E-state index >= 15 is 0 Å². The fraction of sp³-hybridized carbons (Fsp3) is 0.333. The number of aryl methyl sites for hydroxylation is 2. The van der Waals surface area contributed by atoms with Crippen molar-refractivity contribution in [2.45, 2.75) is 20.3 Å². The second-order valence-electron chi connectivity index (χ2n) is 3.30. The molecule has 0 radical (unpaired) electrons. The second-order valence-corrected chi connectivity index (χ2v) is 3.30. The molecule has 0 unspecified atom stereocenters. The predicted octanol–water partition coefficient (Wildman–Crippen LogP) is 2.22. The molecular weight excluding hydrogens is 190 g/mol. The van der Waals surface area contributed by atoms with E-state index in [1.165, 1.54) is 7.11 Å². The van der Waals surface area contributed by atoms with E-state index in [-0.39, 0.29) is 0 Å².